The van der Waals surface area contributed by atoms with Gasteiger partial charge in [0.1, 0.15) is 17.2 Å². The fraction of sp³-hybridized carbons (Fsp3) is 0.222. The highest BCUT2D eigenvalue weighted by atomic mass is 35.5. The number of aryl methyl sites for hydroxylation is 2. The van der Waals surface area contributed by atoms with Crippen LogP contribution in [0.15, 0.2) is 59.5 Å². The van der Waals surface area contributed by atoms with Crippen molar-refractivity contribution < 1.29 is 37.0 Å². The maximum absolute atomic E-state index is 13.9. The standard InChI is InChI=1S/C27H27ClN2O8S/c1-16-6-9-23(36-3)24(10-16)39(34,35)30(21-8-7-17(2)22(28)14-21)15-25(31)29-20-12-18(26(32)37-4)11-19(13-20)27(33)38-5/h6-14H,15H2,1-5H3,(H,29,31). The summed E-state index contributed by atoms with van der Waals surface area (Å²) in [7, 11) is -0.669. The number of carbonyl (C=O) groups is 3. The van der Waals surface area contributed by atoms with Gasteiger partial charge in [-0.25, -0.2) is 18.0 Å². The average molecular weight is 575 g/mol. The molecule has 0 radical (unpaired) electrons. The van der Waals surface area contributed by atoms with Crippen LogP contribution in [-0.4, -0.2) is 54.1 Å². The number of sulfonamides is 1. The summed E-state index contributed by atoms with van der Waals surface area (Å²) in [5.41, 5.74) is 1.53. The van der Waals surface area contributed by atoms with Gasteiger partial charge in [0.2, 0.25) is 5.91 Å². The Hall–Kier alpha value is -4.09. The molecule has 1 amide bonds. The summed E-state index contributed by atoms with van der Waals surface area (Å²) in [5.74, 6) is -2.17. The second-order valence-electron chi connectivity index (χ2n) is 8.43. The van der Waals surface area contributed by atoms with Gasteiger partial charge in [0, 0.05) is 10.7 Å². The highest BCUT2D eigenvalue weighted by Gasteiger charge is 2.31. The molecule has 0 atom stereocenters. The number of rotatable bonds is 9. The topological polar surface area (TPSA) is 128 Å². The number of nitrogens with zero attached hydrogens (tertiary/aromatic N) is 1. The van der Waals surface area contributed by atoms with Crippen LogP contribution in [0.25, 0.3) is 0 Å². The van der Waals surface area contributed by atoms with Crippen LogP contribution in [-0.2, 0) is 24.3 Å². The summed E-state index contributed by atoms with van der Waals surface area (Å²) in [6.07, 6.45) is 0. The van der Waals surface area contributed by atoms with Crippen LogP contribution in [0.2, 0.25) is 5.02 Å². The molecule has 0 saturated carbocycles. The van der Waals surface area contributed by atoms with Crippen molar-refractivity contribution in [2.45, 2.75) is 18.7 Å². The van der Waals surface area contributed by atoms with Crippen LogP contribution in [0.3, 0.4) is 0 Å². The predicted molar refractivity (Wildman–Crippen MR) is 146 cm³/mol. The number of hydrogen-bond donors (Lipinski definition) is 1. The van der Waals surface area contributed by atoms with Crippen LogP contribution < -0.4 is 14.4 Å². The molecular weight excluding hydrogens is 548 g/mol. The molecule has 3 aromatic rings. The minimum atomic E-state index is -4.35. The fourth-order valence-corrected chi connectivity index (χ4v) is 5.49. The average Bonchev–Trinajstić information content (AvgIpc) is 2.92. The predicted octanol–water partition coefficient (Wildman–Crippen LogP) is 4.37. The van der Waals surface area contributed by atoms with Crippen molar-refractivity contribution in [3.8, 4) is 5.75 Å². The van der Waals surface area contributed by atoms with Crippen molar-refractivity contribution in [3.63, 3.8) is 0 Å². The van der Waals surface area contributed by atoms with E-state index in [1.807, 2.05) is 0 Å². The summed E-state index contributed by atoms with van der Waals surface area (Å²) in [6, 6.07) is 13.1. The van der Waals surface area contributed by atoms with E-state index in [-0.39, 0.29) is 33.1 Å². The Morgan fingerprint density at radius 2 is 1.49 bits per heavy atom. The van der Waals surface area contributed by atoms with Crippen LogP contribution in [0.1, 0.15) is 31.8 Å². The summed E-state index contributed by atoms with van der Waals surface area (Å²) in [6.45, 7) is 2.81. The molecule has 0 aliphatic carbocycles. The quantitative estimate of drug-likeness (QED) is 0.373. The summed E-state index contributed by atoms with van der Waals surface area (Å²) < 4.78 is 43.5. The van der Waals surface area contributed by atoms with E-state index in [4.69, 9.17) is 25.8 Å². The Labute approximate surface area is 231 Å². The molecule has 0 bridgehead atoms. The smallest absolute Gasteiger partial charge is 0.337 e. The minimum absolute atomic E-state index is 0.0185. The summed E-state index contributed by atoms with van der Waals surface area (Å²) in [5, 5.41) is 2.85. The van der Waals surface area contributed by atoms with Crippen molar-refractivity contribution in [2.24, 2.45) is 0 Å². The van der Waals surface area contributed by atoms with Gasteiger partial charge in [0.15, 0.2) is 0 Å². The van der Waals surface area contributed by atoms with Crippen molar-refractivity contribution in [1.29, 1.82) is 0 Å². The van der Waals surface area contributed by atoms with Gasteiger partial charge >= 0.3 is 11.9 Å². The fourth-order valence-electron chi connectivity index (χ4n) is 3.66. The van der Waals surface area contributed by atoms with Gasteiger partial charge in [-0.3, -0.25) is 9.10 Å². The molecule has 1 N–H and O–H groups in total. The first kappa shape index (κ1) is 29.5. The Bertz CT molecular complexity index is 1500. The molecule has 3 aromatic carbocycles. The SMILES string of the molecule is COC(=O)c1cc(NC(=O)CN(c2ccc(C)c(Cl)c2)S(=O)(=O)c2cc(C)ccc2OC)cc(C(=O)OC)c1. The van der Waals surface area contributed by atoms with Crippen molar-refractivity contribution in [1.82, 2.24) is 0 Å². The highest BCUT2D eigenvalue weighted by Crippen LogP contribution is 2.32. The first-order valence-electron chi connectivity index (χ1n) is 11.5. The zero-order chi connectivity index (χ0) is 28.9. The van der Waals surface area contributed by atoms with Gasteiger partial charge in [0.05, 0.1) is 38.1 Å². The molecule has 0 saturated heterocycles. The third-order valence-corrected chi connectivity index (χ3v) is 7.88. The highest BCUT2D eigenvalue weighted by molar-refractivity contribution is 7.93. The largest absolute Gasteiger partial charge is 0.495 e. The van der Waals surface area contributed by atoms with Crippen molar-refractivity contribution in [3.05, 3.63) is 81.9 Å². The maximum Gasteiger partial charge on any atom is 0.337 e. The Morgan fingerprint density at radius 1 is 0.872 bits per heavy atom. The first-order valence-corrected chi connectivity index (χ1v) is 13.3. The molecule has 0 aliphatic heterocycles. The van der Waals surface area contributed by atoms with E-state index < -0.39 is 34.4 Å². The van der Waals surface area contributed by atoms with Crippen molar-refractivity contribution >= 4 is 50.8 Å². The van der Waals surface area contributed by atoms with E-state index in [9.17, 15) is 22.8 Å². The molecule has 0 spiro atoms. The molecule has 3 rings (SSSR count). The molecule has 0 fully saturated rings. The molecule has 0 unspecified atom stereocenters. The van der Waals surface area contributed by atoms with Crippen LogP contribution in [0.5, 0.6) is 5.75 Å². The van der Waals surface area contributed by atoms with Crippen molar-refractivity contribution in [2.75, 3.05) is 37.5 Å². The number of nitrogens with one attached hydrogen (secondary N) is 1. The second-order valence-corrected chi connectivity index (χ2v) is 10.7. The molecular formula is C27H27ClN2O8S. The number of anilines is 2. The zero-order valence-corrected chi connectivity index (χ0v) is 23.5. The lowest BCUT2D eigenvalue weighted by Crippen LogP contribution is -2.38. The maximum atomic E-state index is 13.9. The van der Waals surface area contributed by atoms with Gasteiger partial charge < -0.3 is 19.5 Å². The van der Waals surface area contributed by atoms with E-state index >= 15 is 0 Å². The summed E-state index contributed by atoms with van der Waals surface area (Å²) in [4.78, 5) is 37.3. The monoisotopic (exact) mass is 574 g/mol. The molecule has 39 heavy (non-hydrogen) atoms. The molecule has 0 heterocycles. The Balaban J connectivity index is 2.06. The second kappa shape index (κ2) is 12.2. The van der Waals surface area contributed by atoms with Gasteiger partial charge in [-0.1, -0.05) is 23.7 Å². The van der Waals surface area contributed by atoms with E-state index in [0.717, 1.165) is 4.31 Å². The number of hydrogen-bond acceptors (Lipinski definition) is 8. The molecule has 10 nitrogen and oxygen atoms in total. The number of carbonyl (C=O) groups excluding carboxylic acids is 3. The molecule has 0 aliphatic rings. The third-order valence-electron chi connectivity index (χ3n) is 5.68. The van der Waals surface area contributed by atoms with E-state index in [2.05, 4.69) is 5.32 Å². The number of ether oxygens (including phenoxy) is 3. The third kappa shape index (κ3) is 6.68. The van der Waals surface area contributed by atoms with Crippen LogP contribution in [0.4, 0.5) is 11.4 Å². The number of amides is 1. The normalized spacial score (nSPS) is 10.9. The first-order chi connectivity index (χ1) is 18.4. The molecule has 0 aromatic heterocycles. The number of methoxy groups -OCH3 is 3. The Kier molecular flexibility index (Phi) is 9.20. The minimum Gasteiger partial charge on any atom is -0.495 e. The van der Waals surface area contributed by atoms with Gasteiger partial charge in [-0.05, 0) is 67.4 Å². The van der Waals surface area contributed by atoms with Gasteiger partial charge in [0.25, 0.3) is 10.0 Å². The van der Waals surface area contributed by atoms with Crippen LogP contribution >= 0.6 is 11.6 Å². The molecule has 12 heteroatoms. The van der Waals surface area contributed by atoms with E-state index in [1.54, 1.807) is 26.0 Å². The lowest BCUT2D eigenvalue weighted by atomic mass is 10.1. The lowest BCUT2D eigenvalue weighted by molar-refractivity contribution is -0.114. The van der Waals surface area contributed by atoms with Gasteiger partial charge in [-0.15, -0.1) is 0 Å². The number of esters is 2. The number of benzene rings is 3. The lowest BCUT2D eigenvalue weighted by Gasteiger charge is -2.25. The summed E-state index contributed by atoms with van der Waals surface area (Å²) >= 11 is 6.29. The number of halogens is 1. The van der Waals surface area contributed by atoms with Gasteiger partial charge in [-0.2, -0.15) is 0 Å². The Morgan fingerprint density at radius 3 is 2.03 bits per heavy atom. The molecule has 206 valence electrons. The zero-order valence-electron chi connectivity index (χ0n) is 21.9. The van der Waals surface area contributed by atoms with Crippen LogP contribution in [0, 0.1) is 13.8 Å². The van der Waals surface area contributed by atoms with E-state index in [0.29, 0.717) is 16.1 Å². The van der Waals surface area contributed by atoms with E-state index in [1.165, 1.54) is 63.8 Å².